The van der Waals surface area contributed by atoms with Crippen LogP contribution in [0.4, 0.5) is 13.2 Å². The lowest BCUT2D eigenvalue weighted by atomic mass is 9.88. The van der Waals surface area contributed by atoms with Crippen LogP contribution < -0.4 is 18.9 Å². The van der Waals surface area contributed by atoms with Gasteiger partial charge >= 0.3 is 6.18 Å². The molecule has 14 nitrogen and oxygen atoms in total. The molecular formula is C95H142F3N9O5. The molecular weight excluding hydrogens is 1400 g/mol. The van der Waals surface area contributed by atoms with Gasteiger partial charge in [0.15, 0.2) is 6.61 Å². The Morgan fingerprint density at radius 2 is 0.714 bits per heavy atom. The van der Waals surface area contributed by atoms with Crippen molar-refractivity contribution in [2.45, 2.75) is 303 Å². The van der Waals surface area contributed by atoms with Gasteiger partial charge in [0.2, 0.25) is 23.5 Å². The number of aliphatic hydroxyl groups excluding tert-OH is 1. The van der Waals surface area contributed by atoms with Crippen molar-refractivity contribution in [3.8, 4) is 23.5 Å². The minimum Gasteiger partial charge on any atom is -0.481 e. The van der Waals surface area contributed by atoms with Gasteiger partial charge in [-0.2, -0.15) is 13.2 Å². The van der Waals surface area contributed by atoms with Gasteiger partial charge < -0.3 is 24.1 Å². The molecule has 618 valence electrons. The number of halogens is 3. The molecule has 112 heavy (non-hydrogen) atoms. The fraction of sp³-hybridized carbons (Fsp3) is 0.526. The van der Waals surface area contributed by atoms with E-state index in [0.29, 0.717) is 18.2 Å². The zero-order chi connectivity index (χ0) is 85.9. The largest absolute Gasteiger partial charge is 0.481 e. The average Bonchev–Trinajstić information content (AvgIpc) is 0.840. The number of ether oxygens (including phenoxy) is 4. The third-order valence-electron chi connectivity index (χ3n) is 16.1. The van der Waals surface area contributed by atoms with Crippen molar-refractivity contribution in [1.29, 1.82) is 0 Å². The summed E-state index contributed by atoms with van der Waals surface area (Å²) >= 11 is 0. The first-order chi connectivity index (χ1) is 51.4. The van der Waals surface area contributed by atoms with Gasteiger partial charge in [-0.25, -0.2) is 19.9 Å². The SMILES string of the molecule is CC(C)(C)c1cccc(CO)n1.CC(C)(C)c1cccc(OCC(F)(F)F)n1.CC(C)(C)c1cccnc1.CCCOc1cccc(C(C)(C)C)n1.CCOc1cccc(C(C)(C)C)n1.CCc1cccc(C(C)(C)C)n1.COc1cc(C)cc(C(C)(C)C)n1.Cc1cccc(C(C)(C)C)n1.Cc1cncc(C(C)(C)C)c1. The summed E-state index contributed by atoms with van der Waals surface area (Å²) in [5.41, 5.74) is 16.2. The summed E-state index contributed by atoms with van der Waals surface area (Å²) in [7, 11) is 1.65. The molecule has 0 fully saturated rings. The number of nitrogens with zero attached hydrogens (tertiary/aromatic N) is 9. The van der Waals surface area contributed by atoms with Crippen molar-refractivity contribution < 1.29 is 37.2 Å². The number of alkyl halides is 3. The summed E-state index contributed by atoms with van der Waals surface area (Å²) in [6.07, 6.45) is 5.24. The number of aliphatic hydroxyl groups is 1. The molecule has 0 aliphatic rings. The minimum atomic E-state index is -4.33. The molecule has 0 aliphatic heterocycles. The molecule has 9 aromatic heterocycles. The van der Waals surface area contributed by atoms with Crippen molar-refractivity contribution in [3.05, 3.63) is 244 Å². The van der Waals surface area contributed by atoms with Crippen LogP contribution in [0.15, 0.2) is 164 Å². The van der Waals surface area contributed by atoms with Crippen molar-refractivity contribution in [2.24, 2.45) is 0 Å². The van der Waals surface area contributed by atoms with Crippen LogP contribution in [0.25, 0.3) is 0 Å². The fourth-order valence-corrected chi connectivity index (χ4v) is 9.18. The van der Waals surface area contributed by atoms with Crippen molar-refractivity contribution in [1.82, 2.24) is 44.9 Å². The maximum Gasteiger partial charge on any atom is 0.422 e. The number of hydrogen-bond donors (Lipinski definition) is 1. The Kier molecular flexibility index (Phi) is 41.5. The van der Waals surface area contributed by atoms with Gasteiger partial charge in [0.1, 0.15) is 0 Å². The number of aryl methyl sites for hydroxylation is 4. The second-order valence-corrected chi connectivity index (χ2v) is 36.8. The molecule has 0 bridgehead atoms. The van der Waals surface area contributed by atoms with Crippen LogP contribution >= 0.6 is 0 Å². The van der Waals surface area contributed by atoms with E-state index in [9.17, 15) is 13.2 Å². The van der Waals surface area contributed by atoms with E-state index in [2.05, 4.69) is 292 Å². The number of aromatic nitrogens is 9. The smallest absolute Gasteiger partial charge is 0.422 e. The van der Waals surface area contributed by atoms with E-state index in [4.69, 9.17) is 19.3 Å². The third-order valence-corrected chi connectivity index (χ3v) is 16.1. The van der Waals surface area contributed by atoms with E-state index in [1.165, 1.54) is 39.7 Å². The molecule has 0 atom stereocenters. The number of pyridine rings is 9. The highest BCUT2D eigenvalue weighted by atomic mass is 19.4. The predicted molar refractivity (Wildman–Crippen MR) is 461 cm³/mol. The number of hydrogen-bond acceptors (Lipinski definition) is 14. The van der Waals surface area contributed by atoms with Gasteiger partial charge in [-0.15, -0.1) is 0 Å². The fourth-order valence-electron chi connectivity index (χ4n) is 9.18. The molecule has 0 aromatic carbocycles. The van der Waals surface area contributed by atoms with Crippen LogP contribution in [0.3, 0.4) is 0 Å². The van der Waals surface area contributed by atoms with E-state index in [1.54, 1.807) is 25.4 Å². The normalized spacial score (nSPS) is 11.7. The van der Waals surface area contributed by atoms with Gasteiger partial charge in [-0.05, 0) is 140 Å². The van der Waals surface area contributed by atoms with Gasteiger partial charge in [0, 0.05) is 133 Å². The maximum absolute atomic E-state index is 11.9. The van der Waals surface area contributed by atoms with Crippen LogP contribution in [0.5, 0.6) is 23.5 Å². The molecule has 0 unspecified atom stereocenters. The Morgan fingerprint density at radius 3 is 1.04 bits per heavy atom. The van der Waals surface area contributed by atoms with Crippen molar-refractivity contribution in [3.63, 3.8) is 0 Å². The molecule has 0 radical (unpaired) electrons. The molecule has 0 saturated carbocycles. The average molecular weight is 1550 g/mol. The van der Waals surface area contributed by atoms with Crippen LogP contribution in [-0.2, 0) is 61.8 Å². The summed E-state index contributed by atoms with van der Waals surface area (Å²) in [6, 6.07) is 45.1. The highest BCUT2D eigenvalue weighted by molar-refractivity contribution is 5.29. The third kappa shape index (κ3) is 42.8. The summed E-state index contributed by atoms with van der Waals surface area (Å²) < 4.78 is 56.3. The molecule has 0 saturated heterocycles. The lowest BCUT2D eigenvalue weighted by Gasteiger charge is -2.18. The Hall–Kier alpha value is -8.70. The first-order valence-electron chi connectivity index (χ1n) is 39.1. The summed E-state index contributed by atoms with van der Waals surface area (Å²) in [4.78, 5) is 38.8. The molecule has 0 spiro atoms. The van der Waals surface area contributed by atoms with E-state index in [1.807, 2.05) is 126 Å². The molecule has 9 aromatic rings. The van der Waals surface area contributed by atoms with Gasteiger partial charge in [-0.3, -0.25) is 24.9 Å². The molecule has 1 N–H and O–H groups in total. The van der Waals surface area contributed by atoms with Crippen LogP contribution in [-0.4, -0.2) is 83.1 Å². The Morgan fingerprint density at radius 1 is 0.339 bits per heavy atom. The zero-order valence-electron chi connectivity index (χ0n) is 75.1. The second-order valence-electron chi connectivity index (χ2n) is 36.8. The van der Waals surface area contributed by atoms with E-state index >= 15 is 0 Å². The predicted octanol–water partition coefficient (Wildman–Crippen LogP) is 24.5. The van der Waals surface area contributed by atoms with Crippen LogP contribution in [0, 0.1) is 20.8 Å². The van der Waals surface area contributed by atoms with Gasteiger partial charge in [0.25, 0.3) is 0 Å². The lowest BCUT2D eigenvalue weighted by Crippen LogP contribution is -2.20. The van der Waals surface area contributed by atoms with Crippen molar-refractivity contribution >= 4 is 0 Å². The Balaban J connectivity index is 0.000000632. The first-order valence-corrected chi connectivity index (χ1v) is 39.1. The molecule has 0 amide bonds. The molecule has 0 aliphatic carbocycles. The Labute approximate surface area is 675 Å². The number of rotatable bonds is 10. The Bertz CT molecular complexity index is 4010. The molecule has 17 heteroatoms. The minimum absolute atomic E-state index is 0.00440. The van der Waals surface area contributed by atoms with E-state index in [-0.39, 0.29) is 61.2 Å². The first kappa shape index (κ1) is 101. The maximum atomic E-state index is 11.9. The van der Waals surface area contributed by atoms with Crippen molar-refractivity contribution in [2.75, 3.05) is 26.9 Å². The lowest BCUT2D eigenvalue weighted by molar-refractivity contribution is -0.154. The second kappa shape index (κ2) is 45.9. The topological polar surface area (TPSA) is 173 Å². The zero-order valence-corrected chi connectivity index (χ0v) is 75.1. The molecule has 9 rings (SSSR count). The standard InChI is InChI=1S/C12H19NO.C11H14F3NO.2C11H17NO.C11H17N.C10H15NO.2C10H15N.C9H13N/c1-5-9-14-11-8-6-7-10(13-11)12(2,3)4;1-10(2,3)8-5-4-6-9(15-8)16-7-11(12,13)14;1-8-6-9(11(2,3)4)12-10(7-8)13-5;1-5-13-10-8-6-7-9(12-10)11(2,3)4;1-5-9-7-6-8-10(12-9)11(2,3)4;1-10(2,3)9-6-4-5-8(7-12)11-9;1-8-5-9(7-11-6-8)10(2,3)4;1-8-6-5-7-9(11-8)10(2,3)4;1-9(2,3)8-5-4-6-10-7-8/h6-8H,5,9H2,1-4H3;4-6H,7H2,1-3H3;6-7H,1-5H3;6-8H,5H2,1-4H3;6-8H,5H2,1-4H3;4-6,12H,7H2,1-3H3;2*5-7H,1-4H3;4-7H,1-3H3. The molecule has 9 heterocycles. The summed E-state index contributed by atoms with van der Waals surface area (Å²) in [6.45, 7) is 70.1. The monoisotopic (exact) mass is 1550 g/mol. The number of methoxy groups -OCH3 is 1. The highest BCUT2D eigenvalue weighted by Gasteiger charge is 2.29. The van der Waals surface area contributed by atoms with E-state index < -0.39 is 12.8 Å². The van der Waals surface area contributed by atoms with Crippen LogP contribution in [0.2, 0.25) is 0 Å². The van der Waals surface area contributed by atoms with Gasteiger partial charge in [0.05, 0.1) is 38.3 Å². The van der Waals surface area contributed by atoms with Gasteiger partial charge in [-0.1, -0.05) is 249 Å². The van der Waals surface area contributed by atoms with Crippen LogP contribution in [0.1, 0.15) is 293 Å². The summed E-state index contributed by atoms with van der Waals surface area (Å²) in [5, 5.41) is 8.87. The highest BCUT2D eigenvalue weighted by Crippen LogP contribution is 2.29. The summed E-state index contributed by atoms with van der Waals surface area (Å²) in [5.74, 6) is 2.16. The quantitative estimate of drug-likeness (QED) is 0.137. The van der Waals surface area contributed by atoms with E-state index in [0.717, 1.165) is 71.1 Å².